The number of nitrogens with zero attached hydrogens (tertiary/aromatic N) is 2. The molecule has 1 heterocycles. The monoisotopic (exact) mass is 280 g/mol. The van der Waals surface area contributed by atoms with Crippen LogP contribution >= 0.6 is 0 Å². The first-order valence-electron chi connectivity index (χ1n) is 7.19. The second-order valence-corrected chi connectivity index (χ2v) is 5.23. The highest BCUT2D eigenvalue weighted by molar-refractivity contribution is 5.67. The number of rotatable bonds is 7. The second kappa shape index (κ2) is 7.22. The van der Waals surface area contributed by atoms with E-state index in [1.807, 2.05) is 6.92 Å². The highest BCUT2D eigenvalue weighted by Crippen LogP contribution is 2.15. The van der Waals surface area contributed by atoms with Crippen molar-refractivity contribution in [2.45, 2.75) is 59.9 Å². The Kier molecular flexibility index (Phi) is 5.92. The molecule has 0 aliphatic heterocycles. The second-order valence-electron chi connectivity index (χ2n) is 5.23. The number of carboxylic acid groups (broad SMARTS) is 1. The van der Waals surface area contributed by atoms with Gasteiger partial charge in [0.1, 0.15) is 0 Å². The van der Waals surface area contributed by atoms with Crippen molar-refractivity contribution in [1.29, 1.82) is 0 Å². The number of aryl methyl sites for hydroxylation is 1. The summed E-state index contributed by atoms with van der Waals surface area (Å²) in [6, 6.07) is 0. The molecule has 0 unspecified atom stereocenters. The Bertz CT molecular complexity index is 531. The molecule has 5 heteroatoms. The summed E-state index contributed by atoms with van der Waals surface area (Å²) in [5, 5.41) is 8.81. The molecule has 0 radical (unpaired) electrons. The molecule has 0 atom stereocenters. The molecule has 0 aromatic carbocycles. The Balaban J connectivity index is 3.14. The van der Waals surface area contributed by atoms with Gasteiger partial charge in [-0.15, -0.1) is 0 Å². The number of aliphatic carboxylic acids is 1. The van der Waals surface area contributed by atoms with Crippen LogP contribution in [0.4, 0.5) is 0 Å². The fourth-order valence-corrected chi connectivity index (χ4v) is 2.45. The van der Waals surface area contributed by atoms with Crippen molar-refractivity contribution in [2.24, 2.45) is 5.92 Å². The molecule has 0 amide bonds. The van der Waals surface area contributed by atoms with E-state index in [0.717, 1.165) is 24.1 Å². The molecule has 112 valence electrons. The van der Waals surface area contributed by atoms with E-state index in [-0.39, 0.29) is 12.1 Å². The SMILES string of the molecule is CCC(CC)Cn1c(C)c(CCC(=O)O)c(C)nc1=O. The van der Waals surface area contributed by atoms with Gasteiger partial charge in [0.25, 0.3) is 0 Å². The predicted molar refractivity (Wildman–Crippen MR) is 78.0 cm³/mol. The minimum absolute atomic E-state index is 0.0621. The first-order chi connectivity index (χ1) is 9.40. The smallest absolute Gasteiger partial charge is 0.347 e. The molecule has 0 fully saturated rings. The molecule has 1 aromatic heterocycles. The zero-order chi connectivity index (χ0) is 15.3. The molecule has 0 aliphatic carbocycles. The molecule has 0 saturated carbocycles. The Morgan fingerprint density at radius 3 is 2.40 bits per heavy atom. The van der Waals surface area contributed by atoms with Gasteiger partial charge in [-0.25, -0.2) is 4.79 Å². The van der Waals surface area contributed by atoms with Gasteiger partial charge < -0.3 is 5.11 Å². The minimum Gasteiger partial charge on any atom is -0.481 e. The average Bonchev–Trinajstić information content (AvgIpc) is 2.38. The van der Waals surface area contributed by atoms with E-state index < -0.39 is 5.97 Å². The largest absolute Gasteiger partial charge is 0.481 e. The summed E-state index contributed by atoms with van der Waals surface area (Å²) in [6.45, 7) is 8.54. The maximum atomic E-state index is 12.1. The van der Waals surface area contributed by atoms with Gasteiger partial charge in [-0.05, 0) is 31.7 Å². The van der Waals surface area contributed by atoms with E-state index in [0.29, 0.717) is 24.6 Å². The first kappa shape index (κ1) is 16.4. The topological polar surface area (TPSA) is 72.2 Å². The molecule has 0 spiro atoms. The van der Waals surface area contributed by atoms with E-state index in [4.69, 9.17) is 5.11 Å². The summed E-state index contributed by atoms with van der Waals surface area (Å²) in [7, 11) is 0. The lowest BCUT2D eigenvalue weighted by Crippen LogP contribution is -2.30. The number of carboxylic acids is 1. The summed E-state index contributed by atoms with van der Waals surface area (Å²) in [5.41, 5.74) is 2.16. The molecule has 1 N–H and O–H groups in total. The minimum atomic E-state index is -0.832. The van der Waals surface area contributed by atoms with Crippen molar-refractivity contribution >= 4 is 5.97 Å². The van der Waals surface area contributed by atoms with Crippen molar-refractivity contribution in [1.82, 2.24) is 9.55 Å². The average molecular weight is 280 g/mol. The molecule has 1 aromatic rings. The zero-order valence-electron chi connectivity index (χ0n) is 12.8. The van der Waals surface area contributed by atoms with Crippen LogP contribution in [0.5, 0.6) is 0 Å². The molecule has 0 saturated heterocycles. The van der Waals surface area contributed by atoms with Crippen LogP contribution in [0.3, 0.4) is 0 Å². The van der Waals surface area contributed by atoms with E-state index >= 15 is 0 Å². The van der Waals surface area contributed by atoms with Crippen LogP contribution in [0.25, 0.3) is 0 Å². The number of hydrogen-bond donors (Lipinski definition) is 1. The zero-order valence-corrected chi connectivity index (χ0v) is 12.8. The van der Waals surface area contributed by atoms with Gasteiger partial charge in [0.2, 0.25) is 0 Å². The van der Waals surface area contributed by atoms with Crippen LogP contribution < -0.4 is 5.69 Å². The molecule has 5 nitrogen and oxygen atoms in total. The molecule has 20 heavy (non-hydrogen) atoms. The van der Waals surface area contributed by atoms with Crippen LogP contribution in [0.2, 0.25) is 0 Å². The third-order valence-corrected chi connectivity index (χ3v) is 3.96. The summed E-state index contributed by atoms with van der Waals surface area (Å²) in [5.74, 6) is -0.384. The van der Waals surface area contributed by atoms with Crippen molar-refractivity contribution in [3.63, 3.8) is 0 Å². The third kappa shape index (κ3) is 3.92. The first-order valence-corrected chi connectivity index (χ1v) is 7.19. The highest BCUT2D eigenvalue weighted by atomic mass is 16.4. The van der Waals surface area contributed by atoms with Crippen LogP contribution in [0.1, 0.15) is 50.1 Å². The number of aromatic nitrogens is 2. The van der Waals surface area contributed by atoms with E-state index in [1.54, 1.807) is 11.5 Å². The van der Waals surface area contributed by atoms with Gasteiger partial charge >= 0.3 is 11.7 Å². The predicted octanol–water partition coefficient (Wildman–Crippen LogP) is 2.31. The standard InChI is InChI=1S/C15H24N2O3/c1-5-12(6-2)9-17-11(4)13(7-8-14(18)19)10(3)16-15(17)20/h12H,5-9H2,1-4H3,(H,18,19). The molecular weight excluding hydrogens is 256 g/mol. The quantitative estimate of drug-likeness (QED) is 0.832. The van der Waals surface area contributed by atoms with Gasteiger partial charge in [-0.2, -0.15) is 4.98 Å². The Morgan fingerprint density at radius 2 is 1.90 bits per heavy atom. The Labute approximate surface area is 119 Å². The lowest BCUT2D eigenvalue weighted by atomic mass is 10.0. The van der Waals surface area contributed by atoms with E-state index in [2.05, 4.69) is 18.8 Å². The van der Waals surface area contributed by atoms with Crippen molar-refractivity contribution in [3.8, 4) is 0 Å². The fourth-order valence-electron chi connectivity index (χ4n) is 2.45. The Hall–Kier alpha value is -1.65. The summed E-state index contributed by atoms with van der Waals surface area (Å²) in [4.78, 5) is 26.8. The Morgan fingerprint density at radius 1 is 1.30 bits per heavy atom. The van der Waals surface area contributed by atoms with Gasteiger partial charge in [-0.1, -0.05) is 26.7 Å². The van der Waals surface area contributed by atoms with Gasteiger partial charge in [-0.3, -0.25) is 9.36 Å². The maximum absolute atomic E-state index is 12.1. The fraction of sp³-hybridized carbons (Fsp3) is 0.667. The summed E-state index contributed by atoms with van der Waals surface area (Å²) >= 11 is 0. The van der Waals surface area contributed by atoms with Crippen molar-refractivity contribution in [2.75, 3.05) is 0 Å². The van der Waals surface area contributed by atoms with Gasteiger partial charge in [0.15, 0.2) is 0 Å². The van der Waals surface area contributed by atoms with Crippen LogP contribution in [-0.4, -0.2) is 20.6 Å². The van der Waals surface area contributed by atoms with E-state index in [9.17, 15) is 9.59 Å². The molecule has 0 aliphatic rings. The molecular formula is C15H24N2O3. The maximum Gasteiger partial charge on any atom is 0.347 e. The summed E-state index contributed by atoms with van der Waals surface area (Å²) < 4.78 is 1.70. The van der Waals surface area contributed by atoms with Crippen LogP contribution in [0, 0.1) is 19.8 Å². The van der Waals surface area contributed by atoms with Crippen LogP contribution in [-0.2, 0) is 17.8 Å². The summed E-state index contributed by atoms with van der Waals surface area (Å²) in [6.07, 6.45) is 2.51. The molecule has 0 bridgehead atoms. The van der Waals surface area contributed by atoms with Crippen molar-refractivity contribution < 1.29 is 9.90 Å². The van der Waals surface area contributed by atoms with Gasteiger partial charge in [0, 0.05) is 24.4 Å². The highest BCUT2D eigenvalue weighted by Gasteiger charge is 2.15. The van der Waals surface area contributed by atoms with Gasteiger partial charge in [0.05, 0.1) is 0 Å². The normalized spacial score (nSPS) is 11.1. The lowest BCUT2D eigenvalue weighted by molar-refractivity contribution is -0.136. The molecule has 1 rings (SSSR count). The number of hydrogen-bond acceptors (Lipinski definition) is 3. The lowest BCUT2D eigenvalue weighted by Gasteiger charge is -2.19. The third-order valence-electron chi connectivity index (χ3n) is 3.96. The van der Waals surface area contributed by atoms with Crippen LogP contribution in [0.15, 0.2) is 4.79 Å². The van der Waals surface area contributed by atoms with E-state index in [1.165, 1.54) is 0 Å². The van der Waals surface area contributed by atoms with Crippen molar-refractivity contribution in [3.05, 3.63) is 27.4 Å². The number of carbonyl (C=O) groups is 1.